The summed E-state index contributed by atoms with van der Waals surface area (Å²) in [6.07, 6.45) is 5.76. The molecule has 0 radical (unpaired) electrons. The molecule has 1 aromatic carbocycles. The molecule has 0 spiro atoms. The van der Waals surface area contributed by atoms with E-state index in [4.69, 9.17) is 0 Å². The second kappa shape index (κ2) is 7.80. The minimum Gasteiger partial charge on any atom is -0.357 e. The predicted octanol–water partition coefficient (Wildman–Crippen LogP) is 3.25. The van der Waals surface area contributed by atoms with E-state index in [-0.39, 0.29) is 11.7 Å². The van der Waals surface area contributed by atoms with Gasteiger partial charge in [0, 0.05) is 25.8 Å². The summed E-state index contributed by atoms with van der Waals surface area (Å²) >= 11 is 0. The van der Waals surface area contributed by atoms with Crippen LogP contribution in [-0.4, -0.2) is 33.8 Å². The van der Waals surface area contributed by atoms with Crippen molar-refractivity contribution in [3.05, 3.63) is 71.4 Å². The zero-order chi connectivity index (χ0) is 19.5. The van der Waals surface area contributed by atoms with Gasteiger partial charge in [-0.3, -0.25) is 4.79 Å². The highest BCUT2D eigenvalue weighted by molar-refractivity contribution is 5.95. The van der Waals surface area contributed by atoms with Crippen molar-refractivity contribution in [2.45, 2.75) is 26.3 Å². The molecule has 1 fully saturated rings. The van der Waals surface area contributed by atoms with Crippen LogP contribution in [0, 0.1) is 12.7 Å². The van der Waals surface area contributed by atoms with Gasteiger partial charge >= 0.3 is 0 Å². The van der Waals surface area contributed by atoms with Crippen LogP contribution in [0.2, 0.25) is 0 Å². The summed E-state index contributed by atoms with van der Waals surface area (Å²) in [7, 11) is 0. The van der Waals surface area contributed by atoms with Gasteiger partial charge in [-0.15, -0.1) is 0 Å². The molecule has 1 aliphatic heterocycles. The van der Waals surface area contributed by atoms with E-state index in [1.807, 2.05) is 25.3 Å². The van der Waals surface area contributed by atoms with Crippen molar-refractivity contribution in [1.82, 2.24) is 20.1 Å². The lowest BCUT2D eigenvalue weighted by molar-refractivity contribution is 0.0950. The molecule has 0 bridgehead atoms. The second-order valence-corrected chi connectivity index (χ2v) is 6.93. The molecule has 144 valence electrons. The molecule has 0 atom stereocenters. The Labute approximate surface area is 163 Å². The Balaban J connectivity index is 1.40. The lowest BCUT2D eigenvalue weighted by Crippen LogP contribution is -2.23. The van der Waals surface area contributed by atoms with E-state index >= 15 is 0 Å². The molecule has 4 rings (SSSR count). The van der Waals surface area contributed by atoms with Gasteiger partial charge in [-0.2, -0.15) is 5.10 Å². The molecule has 3 aromatic rings. The van der Waals surface area contributed by atoms with Crippen molar-refractivity contribution >= 4 is 11.7 Å². The summed E-state index contributed by atoms with van der Waals surface area (Å²) in [5.41, 5.74) is 2.84. The third-order valence-corrected chi connectivity index (χ3v) is 5.02. The van der Waals surface area contributed by atoms with E-state index in [0.29, 0.717) is 23.5 Å². The Morgan fingerprint density at radius 1 is 1.11 bits per heavy atom. The minimum atomic E-state index is -0.309. The van der Waals surface area contributed by atoms with Gasteiger partial charge in [0.05, 0.1) is 23.1 Å². The number of halogens is 1. The summed E-state index contributed by atoms with van der Waals surface area (Å²) in [5, 5.41) is 7.18. The molecule has 7 heteroatoms. The molecule has 1 amide bonds. The van der Waals surface area contributed by atoms with Crippen molar-refractivity contribution in [3.8, 4) is 5.69 Å². The van der Waals surface area contributed by atoms with E-state index in [9.17, 15) is 9.18 Å². The predicted molar refractivity (Wildman–Crippen MR) is 105 cm³/mol. The molecule has 1 N–H and O–H groups in total. The summed E-state index contributed by atoms with van der Waals surface area (Å²) in [5.74, 6) is 0.481. The van der Waals surface area contributed by atoms with Crippen LogP contribution < -0.4 is 10.2 Å². The first-order valence-corrected chi connectivity index (χ1v) is 9.40. The topological polar surface area (TPSA) is 63.1 Å². The Hall–Kier alpha value is -3.22. The zero-order valence-electron chi connectivity index (χ0n) is 15.7. The van der Waals surface area contributed by atoms with Crippen LogP contribution in [0.5, 0.6) is 0 Å². The van der Waals surface area contributed by atoms with E-state index in [1.54, 1.807) is 16.8 Å². The highest BCUT2D eigenvalue weighted by Gasteiger charge is 2.16. The normalized spacial score (nSPS) is 13.7. The van der Waals surface area contributed by atoms with Crippen molar-refractivity contribution in [1.29, 1.82) is 0 Å². The number of benzene rings is 1. The van der Waals surface area contributed by atoms with Crippen LogP contribution in [0.15, 0.2) is 48.8 Å². The van der Waals surface area contributed by atoms with E-state index in [0.717, 1.165) is 24.5 Å². The van der Waals surface area contributed by atoms with Crippen LogP contribution in [0.4, 0.5) is 10.2 Å². The molecule has 0 aliphatic carbocycles. The van der Waals surface area contributed by atoms with Gasteiger partial charge in [0.1, 0.15) is 11.6 Å². The molecule has 6 nitrogen and oxygen atoms in total. The maximum atomic E-state index is 13.1. The number of nitrogens with one attached hydrogen (secondary N) is 1. The molecule has 3 heterocycles. The van der Waals surface area contributed by atoms with Crippen LogP contribution in [0.3, 0.4) is 0 Å². The first kappa shape index (κ1) is 18.2. The van der Waals surface area contributed by atoms with Crippen LogP contribution in [-0.2, 0) is 6.54 Å². The Bertz CT molecular complexity index is 959. The van der Waals surface area contributed by atoms with Crippen LogP contribution >= 0.6 is 0 Å². The number of anilines is 1. The highest BCUT2D eigenvalue weighted by atomic mass is 19.1. The Morgan fingerprint density at radius 3 is 2.54 bits per heavy atom. The molecule has 2 aromatic heterocycles. The number of rotatable bonds is 5. The van der Waals surface area contributed by atoms with Gasteiger partial charge < -0.3 is 10.2 Å². The van der Waals surface area contributed by atoms with Gasteiger partial charge in [-0.25, -0.2) is 14.1 Å². The van der Waals surface area contributed by atoms with Gasteiger partial charge in [0.2, 0.25) is 0 Å². The second-order valence-electron chi connectivity index (χ2n) is 6.93. The maximum Gasteiger partial charge on any atom is 0.255 e. The van der Waals surface area contributed by atoms with Gasteiger partial charge in [0.25, 0.3) is 5.91 Å². The monoisotopic (exact) mass is 379 g/mol. The lowest BCUT2D eigenvalue weighted by Gasteiger charge is -2.16. The van der Waals surface area contributed by atoms with Crippen LogP contribution in [0.25, 0.3) is 5.69 Å². The molecular formula is C21H22FN5O. The summed E-state index contributed by atoms with van der Waals surface area (Å²) in [6, 6.07) is 10.00. The third-order valence-electron chi connectivity index (χ3n) is 5.02. The number of pyridine rings is 1. The average Bonchev–Trinajstić information content (AvgIpc) is 3.37. The fraction of sp³-hybridized carbons (Fsp3) is 0.286. The minimum absolute atomic E-state index is 0.200. The van der Waals surface area contributed by atoms with E-state index in [2.05, 4.69) is 20.3 Å². The van der Waals surface area contributed by atoms with Gasteiger partial charge in [0.15, 0.2) is 0 Å². The van der Waals surface area contributed by atoms with Crippen molar-refractivity contribution < 1.29 is 9.18 Å². The van der Waals surface area contributed by atoms with Crippen molar-refractivity contribution in [3.63, 3.8) is 0 Å². The summed E-state index contributed by atoms with van der Waals surface area (Å²) in [6.45, 7) is 4.33. The first-order chi connectivity index (χ1) is 13.6. The third kappa shape index (κ3) is 3.74. The number of amides is 1. The SMILES string of the molecule is Cc1c(C(=O)NCc2ccc(N3CCCC3)nc2)cnn1-c1ccc(F)cc1. The number of aromatic nitrogens is 3. The number of carbonyl (C=O) groups excluding carboxylic acids is 1. The number of hydrogen-bond acceptors (Lipinski definition) is 4. The molecule has 0 unspecified atom stereocenters. The molecule has 1 saturated heterocycles. The summed E-state index contributed by atoms with van der Waals surface area (Å²) < 4.78 is 14.7. The van der Waals surface area contributed by atoms with Gasteiger partial charge in [-0.1, -0.05) is 6.07 Å². The molecule has 1 aliphatic rings. The number of carbonyl (C=O) groups is 1. The number of hydrogen-bond donors (Lipinski definition) is 1. The van der Waals surface area contributed by atoms with Crippen molar-refractivity contribution in [2.75, 3.05) is 18.0 Å². The summed E-state index contributed by atoms with van der Waals surface area (Å²) in [4.78, 5) is 19.3. The standard InChI is InChI=1S/C21H22FN5O/c1-15-19(14-25-27(15)18-7-5-17(22)6-8-18)21(28)24-13-16-4-9-20(23-12-16)26-10-2-3-11-26/h4-9,12,14H,2-3,10-11,13H2,1H3,(H,24,28). The lowest BCUT2D eigenvalue weighted by atomic mass is 10.2. The van der Waals surface area contributed by atoms with Crippen molar-refractivity contribution in [2.24, 2.45) is 0 Å². The van der Waals surface area contributed by atoms with Crippen LogP contribution in [0.1, 0.15) is 34.5 Å². The smallest absolute Gasteiger partial charge is 0.255 e. The Kier molecular flexibility index (Phi) is 5.06. The average molecular weight is 379 g/mol. The maximum absolute atomic E-state index is 13.1. The highest BCUT2D eigenvalue weighted by Crippen LogP contribution is 2.18. The van der Waals surface area contributed by atoms with E-state index in [1.165, 1.54) is 31.2 Å². The zero-order valence-corrected chi connectivity index (χ0v) is 15.7. The first-order valence-electron chi connectivity index (χ1n) is 9.40. The largest absolute Gasteiger partial charge is 0.357 e. The fourth-order valence-electron chi connectivity index (χ4n) is 3.41. The van der Waals surface area contributed by atoms with Gasteiger partial charge in [-0.05, 0) is 55.7 Å². The molecular weight excluding hydrogens is 357 g/mol. The Morgan fingerprint density at radius 2 is 1.86 bits per heavy atom. The quantitative estimate of drug-likeness (QED) is 0.739. The van der Waals surface area contributed by atoms with E-state index < -0.39 is 0 Å². The molecule has 0 saturated carbocycles. The molecule has 28 heavy (non-hydrogen) atoms. The fourth-order valence-corrected chi connectivity index (χ4v) is 3.41. The number of nitrogens with zero attached hydrogens (tertiary/aromatic N) is 4.